The minimum atomic E-state index is -1.11. The third-order valence-corrected chi connectivity index (χ3v) is 3.70. The maximum Gasteiger partial charge on any atom is 0.249 e. The predicted molar refractivity (Wildman–Crippen MR) is 75.8 cm³/mol. The normalized spacial score (nSPS) is 25.0. The molecule has 22 heavy (non-hydrogen) atoms. The van der Waals surface area contributed by atoms with Crippen LogP contribution >= 0.6 is 0 Å². The van der Waals surface area contributed by atoms with Crippen LogP contribution in [-0.2, 0) is 21.8 Å². The molecule has 0 spiro atoms. The number of hydrogen-bond donors (Lipinski definition) is 1. The number of rotatable bonds is 4. The number of ether oxygens (including phenoxy) is 2. The molecule has 1 fully saturated rings. The molecule has 0 aliphatic carbocycles. The molecule has 7 nitrogen and oxygen atoms in total. The second kappa shape index (κ2) is 5.20. The summed E-state index contributed by atoms with van der Waals surface area (Å²) in [6, 6.07) is 9.60. The van der Waals surface area contributed by atoms with Gasteiger partial charge in [0.25, 0.3) is 0 Å². The van der Waals surface area contributed by atoms with E-state index in [9.17, 15) is 5.11 Å². The van der Waals surface area contributed by atoms with Gasteiger partial charge in [-0.15, -0.1) is 0 Å². The van der Waals surface area contributed by atoms with E-state index in [2.05, 4.69) is 10.1 Å². The first kappa shape index (κ1) is 13.4. The first-order valence-electron chi connectivity index (χ1n) is 7.03. The molecule has 0 bridgehead atoms. The number of benzene rings is 1. The lowest BCUT2D eigenvalue weighted by atomic mass is 10.2. The molecule has 1 aliphatic heterocycles. The zero-order chi connectivity index (χ0) is 15.0. The van der Waals surface area contributed by atoms with Crippen molar-refractivity contribution in [1.29, 1.82) is 0 Å². The smallest absolute Gasteiger partial charge is 0.249 e. The molecule has 1 saturated heterocycles. The highest BCUT2D eigenvalue weighted by Crippen LogP contribution is 2.38. The van der Waals surface area contributed by atoms with Crippen LogP contribution in [0.4, 0.5) is 0 Å². The average molecular weight is 301 g/mol. The summed E-state index contributed by atoms with van der Waals surface area (Å²) in [4.78, 5) is 3.93. The van der Waals surface area contributed by atoms with E-state index >= 15 is 0 Å². The molecule has 0 radical (unpaired) electrons. The van der Waals surface area contributed by atoms with E-state index in [1.807, 2.05) is 30.3 Å². The van der Waals surface area contributed by atoms with Crippen LogP contribution in [0.15, 0.2) is 47.4 Å². The van der Waals surface area contributed by atoms with E-state index in [1.54, 1.807) is 11.0 Å². The Kier molecular flexibility index (Phi) is 3.18. The lowest BCUT2D eigenvalue weighted by molar-refractivity contribution is -0.202. The number of aliphatic hydroxyl groups excluding tert-OH is 1. The quantitative estimate of drug-likeness (QED) is 0.782. The van der Waals surface area contributed by atoms with Crippen molar-refractivity contribution < 1.29 is 19.0 Å². The van der Waals surface area contributed by atoms with Crippen LogP contribution in [0.1, 0.15) is 5.76 Å². The van der Waals surface area contributed by atoms with Crippen molar-refractivity contribution in [2.24, 2.45) is 0 Å². The number of nitrogens with zero attached hydrogens (tertiary/aromatic N) is 3. The summed E-state index contributed by atoms with van der Waals surface area (Å²) in [5, 5.41) is 14.4. The second-order valence-corrected chi connectivity index (χ2v) is 5.23. The Labute approximate surface area is 126 Å². The van der Waals surface area contributed by atoms with Gasteiger partial charge in [-0.2, -0.15) is 5.10 Å². The van der Waals surface area contributed by atoms with Gasteiger partial charge in [0.1, 0.15) is 30.9 Å². The van der Waals surface area contributed by atoms with Crippen LogP contribution < -0.4 is 0 Å². The summed E-state index contributed by atoms with van der Waals surface area (Å²) in [5.74, 6) is -0.555. The van der Waals surface area contributed by atoms with Crippen molar-refractivity contribution in [3.63, 3.8) is 0 Å². The Morgan fingerprint density at radius 1 is 1.36 bits per heavy atom. The molecule has 2 aromatic heterocycles. The molecule has 3 aromatic rings. The number of fused-ring (bicyclic) bond motifs is 1. The van der Waals surface area contributed by atoms with Gasteiger partial charge in [0.05, 0.1) is 13.2 Å². The van der Waals surface area contributed by atoms with Crippen molar-refractivity contribution in [3.05, 3.63) is 48.7 Å². The maximum absolute atomic E-state index is 9.34. The summed E-state index contributed by atoms with van der Waals surface area (Å²) in [6.45, 7) is 0.477. The molecule has 0 saturated carbocycles. The summed E-state index contributed by atoms with van der Waals surface area (Å²) in [6.07, 6.45) is 2.64. The molecule has 1 aliphatic rings. The van der Waals surface area contributed by atoms with Crippen molar-refractivity contribution in [1.82, 2.24) is 14.8 Å². The van der Waals surface area contributed by atoms with E-state index in [-0.39, 0.29) is 6.61 Å². The van der Waals surface area contributed by atoms with Crippen LogP contribution in [0.25, 0.3) is 11.0 Å². The Hall–Kier alpha value is -2.22. The van der Waals surface area contributed by atoms with E-state index in [0.717, 1.165) is 11.0 Å². The topological polar surface area (TPSA) is 82.5 Å². The highest BCUT2D eigenvalue weighted by Gasteiger charge is 2.46. The van der Waals surface area contributed by atoms with Gasteiger partial charge in [0.2, 0.25) is 5.79 Å². The first-order chi connectivity index (χ1) is 10.8. The molecule has 0 unspecified atom stereocenters. The standard InChI is InChI=1S/C15H15N3O4/c19-6-12-7-20-15(22-12,8-18-10-16-9-17-18)14-5-11-3-1-2-4-13(11)21-14/h1-5,9-10,12,19H,6-8H2/t12-,15+/m0/s1. The van der Waals surface area contributed by atoms with Gasteiger partial charge >= 0.3 is 0 Å². The first-order valence-corrected chi connectivity index (χ1v) is 7.03. The fourth-order valence-electron chi connectivity index (χ4n) is 2.64. The zero-order valence-corrected chi connectivity index (χ0v) is 11.8. The molecule has 1 aromatic carbocycles. The molecule has 4 rings (SSSR count). The average Bonchev–Trinajstić information content (AvgIpc) is 3.26. The van der Waals surface area contributed by atoms with Gasteiger partial charge in [-0.25, -0.2) is 9.67 Å². The molecule has 7 heteroatoms. The van der Waals surface area contributed by atoms with Crippen molar-refractivity contribution in [2.75, 3.05) is 13.2 Å². The van der Waals surface area contributed by atoms with Crippen LogP contribution in [0.2, 0.25) is 0 Å². The van der Waals surface area contributed by atoms with Crippen molar-refractivity contribution in [3.8, 4) is 0 Å². The minimum Gasteiger partial charge on any atom is -0.455 e. The van der Waals surface area contributed by atoms with E-state index in [0.29, 0.717) is 18.9 Å². The van der Waals surface area contributed by atoms with Crippen molar-refractivity contribution >= 4 is 11.0 Å². The Morgan fingerprint density at radius 3 is 3.00 bits per heavy atom. The molecule has 0 amide bonds. The van der Waals surface area contributed by atoms with Gasteiger partial charge < -0.3 is 19.0 Å². The highest BCUT2D eigenvalue weighted by atomic mass is 16.8. The van der Waals surface area contributed by atoms with E-state index < -0.39 is 11.9 Å². The summed E-state index contributed by atoms with van der Waals surface area (Å²) < 4.78 is 19.3. The van der Waals surface area contributed by atoms with Crippen LogP contribution in [0.3, 0.4) is 0 Å². The molecule has 2 atom stereocenters. The van der Waals surface area contributed by atoms with Gasteiger partial charge in [-0.1, -0.05) is 18.2 Å². The SMILES string of the molecule is OC[C@H]1CO[C@@](Cn2cncn2)(c2cc3ccccc3o2)O1. The molecular formula is C15H15N3O4. The lowest BCUT2D eigenvalue weighted by Crippen LogP contribution is -2.34. The fourth-order valence-corrected chi connectivity index (χ4v) is 2.64. The zero-order valence-electron chi connectivity index (χ0n) is 11.8. The number of para-hydroxylation sites is 1. The summed E-state index contributed by atoms with van der Waals surface area (Å²) in [7, 11) is 0. The van der Waals surface area contributed by atoms with Gasteiger partial charge in [0, 0.05) is 5.39 Å². The molecule has 1 N–H and O–H groups in total. The number of aliphatic hydroxyl groups is 1. The number of hydrogen-bond acceptors (Lipinski definition) is 6. The number of furan rings is 1. The second-order valence-electron chi connectivity index (χ2n) is 5.23. The molecule has 3 heterocycles. The summed E-state index contributed by atoms with van der Waals surface area (Å²) in [5.41, 5.74) is 0.759. The summed E-state index contributed by atoms with van der Waals surface area (Å²) >= 11 is 0. The third kappa shape index (κ3) is 2.19. The number of aromatic nitrogens is 3. The predicted octanol–water partition coefficient (Wildman–Crippen LogP) is 1.28. The van der Waals surface area contributed by atoms with Gasteiger partial charge in [-0.3, -0.25) is 0 Å². The molecular weight excluding hydrogens is 286 g/mol. The highest BCUT2D eigenvalue weighted by molar-refractivity contribution is 5.77. The van der Waals surface area contributed by atoms with E-state index in [1.165, 1.54) is 6.33 Å². The van der Waals surface area contributed by atoms with Crippen molar-refractivity contribution in [2.45, 2.75) is 18.4 Å². The van der Waals surface area contributed by atoms with Crippen LogP contribution in [-0.4, -0.2) is 39.2 Å². The minimum absolute atomic E-state index is 0.112. The monoisotopic (exact) mass is 301 g/mol. The molecule has 114 valence electrons. The third-order valence-electron chi connectivity index (χ3n) is 3.70. The Morgan fingerprint density at radius 2 is 2.27 bits per heavy atom. The fraction of sp³-hybridized carbons (Fsp3) is 0.333. The van der Waals surface area contributed by atoms with Crippen LogP contribution in [0, 0.1) is 0 Å². The Bertz CT molecular complexity index is 737. The van der Waals surface area contributed by atoms with Crippen LogP contribution in [0.5, 0.6) is 0 Å². The van der Waals surface area contributed by atoms with E-state index in [4.69, 9.17) is 13.9 Å². The maximum atomic E-state index is 9.34. The Balaban J connectivity index is 1.76. The lowest BCUT2D eigenvalue weighted by Gasteiger charge is -2.25. The largest absolute Gasteiger partial charge is 0.455 e. The van der Waals surface area contributed by atoms with Gasteiger partial charge in [-0.05, 0) is 12.1 Å². The van der Waals surface area contributed by atoms with Gasteiger partial charge in [0.15, 0.2) is 5.76 Å².